The molecule has 0 heterocycles. The minimum atomic E-state index is -0.554. The molecule has 0 fully saturated rings. The maximum absolute atomic E-state index is 11.8. The first-order chi connectivity index (χ1) is 9.45. The number of rotatable bonds is 6. The van der Waals surface area contributed by atoms with Gasteiger partial charge in [0.05, 0.1) is 12.7 Å². The number of benzene rings is 1. The molecule has 0 aliphatic carbocycles. The van der Waals surface area contributed by atoms with Crippen LogP contribution >= 0.6 is 15.9 Å². The van der Waals surface area contributed by atoms with Gasteiger partial charge in [-0.1, -0.05) is 35.8 Å². The second-order valence-electron chi connectivity index (χ2n) is 4.85. The van der Waals surface area contributed by atoms with Gasteiger partial charge in [0.1, 0.15) is 0 Å². The molecule has 20 heavy (non-hydrogen) atoms. The Balaban J connectivity index is 2.64. The van der Waals surface area contributed by atoms with Crippen molar-refractivity contribution in [1.29, 1.82) is 0 Å². The van der Waals surface area contributed by atoms with E-state index in [1.165, 1.54) is 0 Å². The summed E-state index contributed by atoms with van der Waals surface area (Å²) in [6.45, 7) is 4.41. The SMILES string of the molecule is COCc1c(Br)cccc1NC(=O)NCC(O)C(C)C. The van der Waals surface area contributed by atoms with E-state index in [9.17, 15) is 9.90 Å². The van der Waals surface area contributed by atoms with Crippen molar-refractivity contribution in [3.05, 3.63) is 28.2 Å². The fourth-order valence-electron chi connectivity index (χ4n) is 1.57. The van der Waals surface area contributed by atoms with Gasteiger partial charge in [-0.3, -0.25) is 0 Å². The Morgan fingerprint density at radius 2 is 2.15 bits per heavy atom. The van der Waals surface area contributed by atoms with E-state index < -0.39 is 6.10 Å². The highest BCUT2D eigenvalue weighted by Gasteiger charge is 2.12. The Kier molecular flexibility index (Phi) is 6.98. The van der Waals surface area contributed by atoms with Crippen LogP contribution in [0.2, 0.25) is 0 Å². The van der Waals surface area contributed by atoms with Crippen molar-refractivity contribution in [2.75, 3.05) is 19.0 Å². The molecule has 5 nitrogen and oxygen atoms in total. The molecule has 0 saturated carbocycles. The standard InChI is InChI=1S/C14H21BrN2O3/c1-9(2)13(18)7-16-14(19)17-12-6-4-5-11(15)10(12)8-20-3/h4-6,9,13,18H,7-8H2,1-3H3,(H2,16,17,19). The fourth-order valence-corrected chi connectivity index (χ4v) is 2.05. The number of aliphatic hydroxyl groups excluding tert-OH is 1. The van der Waals surface area contributed by atoms with E-state index in [-0.39, 0.29) is 18.5 Å². The zero-order valence-corrected chi connectivity index (χ0v) is 13.5. The predicted octanol–water partition coefficient (Wildman–Crippen LogP) is 2.73. The van der Waals surface area contributed by atoms with Crippen LogP contribution in [0.4, 0.5) is 10.5 Å². The van der Waals surface area contributed by atoms with Crippen molar-refractivity contribution in [1.82, 2.24) is 5.32 Å². The molecule has 3 N–H and O–H groups in total. The molecule has 0 bridgehead atoms. The van der Waals surface area contributed by atoms with Crippen molar-refractivity contribution in [2.24, 2.45) is 5.92 Å². The van der Waals surface area contributed by atoms with E-state index in [0.29, 0.717) is 12.3 Å². The summed E-state index contributed by atoms with van der Waals surface area (Å²) < 4.78 is 5.99. The molecule has 1 unspecified atom stereocenters. The molecular weight excluding hydrogens is 324 g/mol. The maximum atomic E-state index is 11.8. The lowest BCUT2D eigenvalue weighted by Gasteiger charge is -2.16. The summed E-state index contributed by atoms with van der Waals surface area (Å²) in [7, 11) is 1.60. The van der Waals surface area contributed by atoms with Gasteiger partial charge in [-0.25, -0.2) is 4.79 Å². The molecule has 0 aliphatic rings. The molecule has 1 rings (SSSR count). The lowest BCUT2D eigenvalue weighted by atomic mass is 10.1. The third-order valence-electron chi connectivity index (χ3n) is 2.90. The number of hydrogen-bond acceptors (Lipinski definition) is 3. The number of anilines is 1. The van der Waals surface area contributed by atoms with Crippen LogP contribution in [0.5, 0.6) is 0 Å². The van der Waals surface area contributed by atoms with E-state index in [1.807, 2.05) is 26.0 Å². The van der Waals surface area contributed by atoms with Gasteiger partial charge in [0.15, 0.2) is 0 Å². The first-order valence-electron chi connectivity index (χ1n) is 6.45. The highest BCUT2D eigenvalue weighted by molar-refractivity contribution is 9.10. The van der Waals surface area contributed by atoms with Gasteiger partial charge in [-0.05, 0) is 18.1 Å². The molecule has 112 valence electrons. The Bertz CT molecular complexity index is 452. The summed E-state index contributed by atoms with van der Waals surface area (Å²) >= 11 is 3.43. The van der Waals surface area contributed by atoms with Crippen molar-refractivity contribution in [3.63, 3.8) is 0 Å². The molecule has 0 radical (unpaired) electrons. The fraction of sp³-hybridized carbons (Fsp3) is 0.500. The minimum absolute atomic E-state index is 0.102. The van der Waals surface area contributed by atoms with E-state index in [0.717, 1.165) is 10.0 Å². The average Bonchev–Trinajstić information content (AvgIpc) is 2.40. The van der Waals surface area contributed by atoms with Crippen LogP contribution in [-0.4, -0.2) is 30.9 Å². The quantitative estimate of drug-likeness (QED) is 0.742. The van der Waals surface area contributed by atoms with Crippen LogP contribution in [0.15, 0.2) is 22.7 Å². The number of aliphatic hydroxyl groups is 1. The highest BCUT2D eigenvalue weighted by Crippen LogP contribution is 2.25. The van der Waals surface area contributed by atoms with Gasteiger partial charge in [0.25, 0.3) is 0 Å². The largest absolute Gasteiger partial charge is 0.391 e. The van der Waals surface area contributed by atoms with E-state index in [2.05, 4.69) is 26.6 Å². The van der Waals surface area contributed by atoms with Gasteiger partial charge >= 0.3 is 6.03 Å². The van der Waals surface area contributed by atoms with E-state index in [1.54, 1.807) is 13.2 Å². The topological polar surface area (TPSA) is 70.6 Å². The van der Waals surface area contributed by atoms with Gasteiger partial charge < -0.3 is 20.5 Å². The highest BCUT2D eigenvalue weighted by atomic mass is 79.9. The van der Waals surface area contributed by atoms with E-state index >= 15 is 0 Å². The lowest BCUT2D eigenvalue weighted by Crippen LogP contribution is -2.37. The summed E-state index contributed by atoms with van der Waals surface area (Å²) in [6.07, 6.45) is -0.554. The molecule has 1 aromatic carbocycles. The lowest BCUT2D eigenvalue weighted by molar-refractivity contribution is 0.126. The van der Waals surface area contributed by atoms with Crippen molar-refractivity contribution in [3.8, 4) is 0 Å². The predicted molar refractivity (Wildman–Crippen MR) is 82.7 cm³/mol. The smallest absolute Gasteiger partial charge is 0.319 e. The number of methoxy groups -OCH3 is 1. The van der Waals surface area contributed by atoms with Crippen LogP contribution in [-0.2, 0) is 11.3 Å². The number of nitrogens with one attached hydrogen (secondary N) is 2. The van der Waals surface area contributed by atoms with Crippen molar-refractivity contribution < 1.29 is 14.6 Å². The first kappa shape index (κ1) is 16.9. The van der Waals surface area contributed by atoms with Crippen LogP contribution in [0.1, 0.15) is 19.4 Å². The number of halogens is 1. The normalized spacial score (nSPS) is 12.3. The number of urea groups is 1. The Labute approximate surface area is 127 Å². The van der Waals surface area contributed by atoms with Crippen molar-refractivity contribution >= 4 is 27.6 Å². The zero-order valence-electron chi connectivity index (χ0n) is 11.9. The van der Waals surface area contributed by atoms with Crippen LogP contribution in [0.3, 0.4) is 0 Å². The van der Waals surface area contributed by atoms with Crippen LogP contribution in [0.25, 0.3) is 0 Å². The first-order valence-corrected chi connectivity index (χ1v) is 7.24. The molecule has 2 amide bonds. The summed E-state index contributed by atoms with van der Waals surface area (Å²) in [5.74, 6) is 0.102. The molecule has 1 atom stereocenters. The molecule has 6 heteroatoms. The zero-order chi connectivity index (χ0) is 15.1. The van der Waals surface area contributed by atoms with Gasteiger partial charge in [-0.2, -0.15) is 0 Å². The molecule has 1 aromatic rings. The number of carbonyl (C=O) groups excluding carboxylic acids is 1. The summed E-state index contributed by atoms with van der Waals surface area (Å²) in [5.41, 5.74) is 1.55. The minimum Gasteiger partial charge on any atom is -0.391 e. The van der Waals surface area contributed by atoms with E-state index in [4.69, 9.17) is 4.74 Å². The second kappa shape index (κ2) is 8.24. The Morgan fingerprint density at radius 3 is 2.75 bits per heavy atom. The van der Waals surface area contributed by atoms with Gasteiger partial charge in [-0.15, -0.1) is 0 Å². The monoisotopic (exact) mass is 344 g/mol. The van der Waals surface area contributed by atoms with Gasteiger partial charge in [0.2, 0.25) is 0 Å². The summed E-state index contributed by atoms with van der Waals surface area (Å²) in [5, 5.41) is 15.1. The maximum Gasteiger partial charge on any atom is 0.319 e. The molecule has 0 spiro atoms. The third kappa shape index (κ3) is 5.11. The average molecular weight is 345 g/mol. The van der Waals surface area contributed by atoms with Crippen molar-refractivity contribution in [2.45, 2.75) is 26.6 Å². The molecule has 0 aromatic heterocycles. The summed E-state index contributed by atoms with van der Waals surface area (Å²) in [6, 6.07) is 5.18. The Morgan fingerprint density at radius 1 is 1.45 bits per heavy atom. The van der Waals surface area contributed by atoms with Gasteiger partial charge in [0, 0.05) is 29.4 Å². The molecule has 0 saturated heterocycles. The summed E-state index contributed by atoms with van der Waals surface area (Å²) in [4.78, 5) is 11.8. The molecular formula is C14H21BrN2O3. The number of hydrogen-bond donors (Lipinski definition) is 3. The second-order valence-corrected chi connectivity index (χ2v) is 5.70. The number of carbonyl (C=O) groups is 1. The van der Waals surface area contributed by atoms with Crippen LogP contribution in [0, 0.1) is 5.92 Å². The number of ether oxygens (including phenoxy) is 1. The molecule has 0 aliphatic heterocycles. The van der Waals surface area contributed by atoms with Crippen LogP contribution < -0.4 is 10.6 Å². The third-order valence-corrected chi connectivity index (χ3v) is 3.64. The Hall–Kier alpha value is -1.11. The number of amides is 2.